The summed E-state index contributed by atoms with van der Waals surface area (Å²) >= 11 is 0. The van der Waals surface area contributed by atoms with Crippen molar-refractivity contribution in [1.82, 2.24) is 20.5 Å². The third kappa shape index (κ3) is 3.98. The van der Waals surface area contributed by atoms with Crippen LogP contribution < -0.4 is 5.32 Å². The molecular weight excluding hydrogens is 208 g/mol. The maximum Gasteiger partial charge on any atom is 0.378 e. The zero-order chi connectivity index (χ0) is 12.0. The summed E-state index contributed by atoms with van der Waals surface area (Å²) in [5.74, 6) is 0.305. The molecule has 6 heteroatoms. The summed E-state index contributed by atoms with van der Waals surface area (Å²) in [6.45, 7) is 7.03. The number of nitrogens with one attached hydrogen (secondary N) is 2. The topological polar surface area (TPSA) is 79.9 Å². The number of aromatic nitrogens is 3. The average molecular weight is 226 g/mol. The lowest BCUT2D eigenvalue weighted by Gasteiger charge is -2.05. The third-order valence-electron chi connectivity index (χ3n) is 1.90. The van der Waals surface area contributed by atoms with E-state index in [4.69, 9.17) is 4.74 Å². The van der Waals surface area contributed by atoms with Gasteiger partial charge in [-0.2, -0.15) is 0 Å². The van der Waals surface area contributed by atoms with Gasteiger partial charge in [-0.05, 0) is 6.92 Å². The van der Waals surface area contributed by atoms with Crippen LogP contribution in [0.15, 0.2) is 0 Å². The van der Waals surface area contributed by atoms with Crippen LogP contribution in [0.1, 0.15) is 37.2 Å². The van der Waals surface area contributed by atoms with E-state index in [1.165, 1.54) is 0 Å². The van der Waals surface area contributed by atoms with Gasteiger partial charge < -0.3 is 10.1 Å². The molecular formula is C10H18N4O2. The van der Waals surface area contributed by atoms with Gasteiger partial charge in [0.15, 0.2) is 0 Å². The number of nitrogens with zero attached hydrogens (tertiary/aromatic N) is 2. The van der Waals surface area contributed by atoms with Gasteiger partial charge in [-0.25, -0.2) is 9.78 Å². The van der Waals surface area contributed by atoms with Crippen molar-refractivity contribution < 1.29 is 9.53 Å². The third-order valence-corrected chi connectivity index (χ3v) is 1.90. The van der Waals surface area contributed by atoms with Crippen molar-refractivity contribution in [3.63, 3.8) is 0 Å². The summed E-state index contributed by atoms with van der Waals surface area (Å²) in [5, 5.41) is 9.76. The van der Waals surface area contributed by atoms with Crippen molar-refractivity contribution in [2.75, 3.05) is 13.2 Å². The summed E-state index contributed by atoms with van der Waals surface area (Å²) < 4.78 is 4.78. The Hall–Kier alpha value is -1.43. The molecule has 0 fully saturated rings. The molecule has 0 saturated carbocycles. The lowest BCUT2D eigenvalue weighted by molar-refractivity contribution is 0.0512. The second-order valence-electron chi connectivity index (χ2n) is 3.69. The minimum Gasteiger partial charge on any atom is -0.460 e. The summed E-state index contributed by atoms with van der Waals surface area (Å²) in [6, 6.07) is 0.437. The Morgan fingerprint density at radius 2 is 2.31 bits per heavy atom. The number of carbonyl (C=O) groups is 1. The van der Waals surface area contributed by atoms with Crippen molar-refractivity contribution in [3.05, 3.63) is 11.6 Å². The number of H-pyrrole nitrogens is 1. The highest BCUT2D eigenvalue weighted by atomic mass is 16.5. The van der Waals surface area contributed by atoms with E-state index in [1.54, 1.807) is 6.92 Å². The normalized spacial score (nSPS) is 10.8. The van der Waals surface area contributed by atoms with Gasteiger partial charge in [0.1, 0.15) is 5.82 Å². The van der Waals surface area contributed by atoms with Crippen LogP contribution in [0.25, 0.3) is 0 Å². The number of ether oxygens (including phenoxy) is 1. The Kier molecular flexibility index (Phi) is 4.91. The van der Waals surface area contributed by atoms with Gasteiger partial charge in [0.2, 0.25) is 0 Å². The molecule has 0 unspecified atom stereocenters. The molecule has 16 heavy (non-hydrogen) atoms. The fourth-order valence-corrected chi connectivity index (χ4v) is 1.17. The Balaban J connectivity index is 2.42. The molecule has 0 amide bonds. The van der Waals surface area contributed by atoms with E-state index in [1.807, 2.05) is 0 Å². The van der Waals surface area contributed by atoms with Crippen LogP contribution in [-0.2, 0) is 11.2 Å². The lowest BCUT2D eigenvalue weighted by atomic mass is 10.3. The van der Waals surface area contributed by atoms with E-state index < -0.39 is 5.97 Å². The van der Waals surface area contributed by atoms with Crippen molar-refractivity contribution in [2.24, 2.45) is 0 Å². The van der Waals surface area contributed by atoms with E-state index in [-0.39, 0.29) is 5.82 Å². The van der Waals surface area contributed by atoms with Gasteiger partial charge in [-0.15, -0.1) is 5.10 Å². The minimum atomic E-state index is -0.484. The van der Waals surface area contributed by atoms with E-state index in [0.717, 1.165) is 6.54 Å². The molecule has 0 aliphatic carbocycles. The van der Waals surface area contributed by atoms with Crippen LogP contribution in [0, 0.1) is 0 Å². The van der Waals surface area contributed by atoms with Gasteiger partial charge in [-0.3, -0.25) is 5.10 Å². The largest absolute Gasteiger partial charge is 0.460 e. The van der Waals surface area contributed by atoms with E-state index in [9.17, 15) is 4.79 Å². The number of rotatable bonds is 6. The van der Waals surface area contributed by atoms with Crippen LogP contribution in [0.4, 0.5) is 0 Å². The number of hydrogen-bond donors (Lipinski definition) is 2. The predicted octanol–water partition coefficient (Wildman–Crippen LogP) is 0.522. The Morgan fingerprint density at radius 3 is 2.94 bits per heavy atom. The smallest absolute Gasteiger partial charge is 0.378 e. The molecule has 1 heterocycles. The van der Waals surface area contributed by atoms with Crippen molar-refractivity contribution in [3.8, 4) is 0 Å². The molecule has 0 bridgehead atoms. The fraction of sp³-hybridized carbons (Fsp3) is 0.700. The molecule has 0 atom stereocenters. The summed E-state index contributed by atoms with van der Waals surface area (Å²) in [4.78, 5) is 15.3. The highest BCUT2D eigenvalue weighted by molar-refractivity contribution is 5.84. The maximum absolute atomic E-state index is 11.3. The summed E-state index contributed by atoms with van der Waals surface area (Å²) in [5.41, 5.74) is 0. The average Bonchev–Trinajstić information content (AvgIpc) is 2.66. The molecule has 0 spiro atoms. The van der Waals surface area contributed by atoms with Crippen LogP contribution in [0.5, 0.6) is 0 Å². The van der Waals surface area contributed by atoms with Gasteiger partial charge >= 0.3 is 5.97 Å². The van der Waals surface area contributed by atoms with Crippen LogP contribution in [0.3, 0.4) is 0 Å². The Bertz CT molecular complexity index is 335. The molecule has 1 aromatic rings. The summed E-state index contributed by atoms with van der Waals surface area (Å²) in [7, 11) is 0. The molecule has 2 N–H and O–H groups in total. The first-order chi connectivity index (χ1) is 7.63. The fourth-order valence-electron chi connectivity index (χ4n) is 1.17. The highest BCUT2D eigenvalue weighted by Gasteiger charge is 2.12. The molecule has 1 rings (SSSR count). The number of carbonyl (C=O) groups excluding carboxylic acids is 1. The van der Waals surface area contributed by atoms with E-state index in [2.05, 4.69) is 34.3 Å². The standard InChI is InChI=1S/C10H18N4O2/c1-4-16-10(15)9-12-8(13-14-9)5-6-11-7(2)3/h7,11H,4-6H2,1-3H3,(H,12,13,14). The zero-order valence-electron chi connectivity index (χ0n) is 9.91. The van der Waals surface area contributed by atoms with Crippen LogP contribution in [-0.4, -0.2) is 40.3 Å². The van der Waals surface area contributed by atoms with Crippen LogP contribution in [0.2, 0.25) is 0 Å². The lowest BCUT2D eigenvalue weighted by Crippen LogP contribution is -2.25. The maximum atomic E-state index is 11.3. The first kappa shape index (κ1) is 12.6. The van der Waals surface area contributed by atoms with Crippen molar-refractivity contribution >= 4 is 5.97 Å². The quantitative estimate of drug-likeness (QED) is 0.691. The highest BCUT2D eigenvalue weighted by Crippen LogP contribution is 1.96. The SMILES string of the molecule is CCOC(=O)c1n[nH]c(CCNC(C)C)n1. The van der Waals surface area contributed by atoms with Crippen molar-refractivity contribution in [1.29, 1.82) is 0 Å². The van der Waals surface area contributed by atoms with Gasteiger partial charge in [0.05, 0.1) is 6.61 Å². The minimum absolute atomic E-state index is 0.0985. The Morgan fingerprint density at radius 1 is 1.56 bits per heavy atom. The summed E-state index contributed by atoms with van der Waals surface area (Å²) in [6.07, 6.45) is 0.713. The molecule has 0 aromatic carbocycles. The van der Waals surface area contributed by atoms with E-state index in [0.29, 0.717) is 24.9 Å². The molecule has 6 nitrogen and oxygen atoms in total. The number of aromatic amines is 1. The first-order valence-electron chi connectivity index (χ1n) is 5.45. The molecule has 0 aliphatic rings. The Labute approximate surface area is 94.8 Å². The second kappa shape index (κ2) is 6.22. The van der Waals surface area contributed by atoms with Gasteiger partial charge in [0, 0.05) is 19.0 Å². The number of hydrogen-bond acceptors (Lipinski definition) is 5. The molecule has 0 aliphatic heterocycles. The van der Waals surface area contributed by atoms with Gasteiger partial charge in [0.25, 0.3) is 5.82 Å². The molecule has 0 radical (unpaired) electrons. The van der Waals surface area contributed by atoms with Gasteiger partial charge in [-0.1, -0.05) is 13.8 Å². The number of esters is 1. The molecule has 90 valence electrons. The van der Waals surface area contributed by atoms with Crippen molar-refractivity contribution in [2.45, 2.75) is 33.2 Å². The second-order valence-corrected chi connectivity index (χ2v) is 3.69. The van der Waals surface area contributed by atoms with Crippen LogP contribution >= 0.6 is 0 Å². The first-order valence-corrected chi connectivity index (χ1v) is 5.45. The molecule has 1 aromatic heterocycles. The monoisotopic (exact) mass is 226 g/mol. The zero-order valence-corrected chi connectivity index (χ0v) is 9.91. The van der Waals surface area contributed by atoms with E-state index >= 15 is 0 Å². The predicted molar refractivity (Wildman–Crippen MR) is 59.2 cm³/mol. The molecule has 0 saturated heterocycles.